The number of sulfone groups is 1. The first kappa shape index (κ1) is 15.9. The van der Waals surface area contributed by atoms with Crippen LogP contribution in [0.3, 0.4) is 0 Å². The fraction of sp³-hybridized carbons (Fsp3) is 1.00. The van der Waals surface area contributed by atoms with Gasteiger partial charge in [0.15, 0.2) is 9.84 Å². The van der Waals surface area contributed by atoms with Crippen LogP contribution in [0.25, 0.3) is 0 Å². The van der Waals surface area contributed by atoms with E-state index in [1.54, 1.807) is 6.92 Å². The Morgan fingerprint density at radius 3 is 2.39 bits per heavy atom. The maximum absolute atomic E-state index is 11.3. The molecule has 0 atom stereocenters. The second kappa shape index (κ2) is 6.87. The quantitative estimate of drug-likeness (QED) is 0.689. The molecule has 1 saturated carbocycles. The van der Waals surface area contributed by atoms with E-state index in [9.17, 15) is 13.5 Å². The third-order valence-corrected chi connectivity index (χ3v) is 5.80. The number of nitrogens with one attached hydrogen (secondary N) is 1. The van der Waals surface area contributed by atoms with Crippen molar-refractivity contribution in [2.45, 2.75) is 51.6 Å². The van der Waals surface area contributed by atoms with Gasteiger partial charge in [-0.15, -0.1) is 0 Å². The van der Waals surface area contributed by atoms with Crippen LogP contribution in [0.1, 0.15) is 46.0 Å². The van der Waals surface area contributed by atoms with Crippen molar-refractivity contribution in [3.8, 4) is 0 Å². The summed E-state index contributed by atoms with van der Waals surface area (Å²) in [7, 11) is -2.90. The zero-order valence-electron chi connectivity index (χ0n) is 11.6. The first-order chi connectivity index (χ1) is 8.41. The van der Waals surface area contributed by atoms with E-state index >= 15 is 0 Å². The molecule has 0 aliphatic heterocycles. The highest BCUT2D eigenvalue weighted by molar-refractivity contribution is 7.91. The summed E-state index contributed by atoms with van der Waals surface area (Å²) in [5.41, 5.74) is -0.623. The molecule has 1 aliphatic carbocycles. The molecule has 0 aromatic carbocycles. The molecule has 1 rings (SSSR count). The van der Waals surface area contributed by atoms with Crippen LogP contribution in [0, 0.1) is 5.92 Å². The summed E-state index contributed by atoms with van der Waals surface area (Å²) < 4.78 is 22.6. The molecule has 0 unspecified atom stereocenters. The molecule has 2 N–H and O–H groups in total. The highest BCUT2D eigenvalue weighted by atomic mass is 32.2. The van der Waals surface area contributed by atoms with Crippen LogP contribution in [0.2, 0.25) is 0 Å². The predicted molar refractivity (Wildman–Crippen MR) is 74.4 cm³/mol. The summed E-state index contributed by atoms with van der Waals surface area (Å²) in [6.45, 7) is 4.82. The molecular formula is C13H27NO3S. The van der Waals surface area contributed by atoms with E-state index in [0.717, 1.165) is 31.6 Å². The molecule has 1 aliphatic rings. The molecule has 0 saturated heterocycles. The van der Waals surface area contributed by atoms with Gasteiger partial charge in [-0.1, -0.05) is 20.3 Å². The second-order valence-corrected chi connectivity index (χ2v) is 7.96. The molecule has 0 heterocycles. The van der Waals surface area contributed by atoms with Crippen LogP contribution in [-0.4, -0.2) is 43.7 Å². The summed E-state index contributed by atoms with van der Waals surface area (Å²) in [5.74, 6) is 1.11. The molecule has 0 radical (unpaired) electrons. The number of aliphatic hydroxyl groups is 1. The van der Waals surface area contributed by atoms with Gasteiger partial charge in [-0.2, -0.15) is 0 Å². The molecule has 108 valence electrons. The van der Waals surface area contributed by atoms with E-state index in [-0.39, 0.29) is 11.5 Å². The van der Waals surface area contributed by atoms with Gasteiger partial charge in [0, 0.05) is 18.8 Å². The Labute approximate surface area is 111 Å². The van der Waals surface area contributed by atoms with Gasteiger partial charge >= 0.3 is 0 Å². The first-order valence-corrected chi connectivity index (χ1v) is 8.86. The maximum Gasteiger partial charge on any atom is 0.151 e. The third-order valence-electron chi connectivity index (χ3n) is 4.10. The van der Waals surface area contributed by atoms with Crippen molar-refractivity contribution in [1.29, 1.82) is 0 Å². The average Bonchev–Trinajstić information content (AvgIpc) is 2.36. The predicted octanol–water partition coefficient (Wildman–Crippen LogP) is 1.34. The summed E-state index contributed by atoms with van der Waals surface area (Å²) in [6.07, 6.45) is 5.03. The first-order valence-electron chi connectivity index (χ1n) is 7.04. The monoisotopic (exact) mass is 277 g/mol. The van der Waals surface area contributed by atoms with Crippen LogP contribution in [0.15, 0.2) is 0 Å². The van der Waals surface area contributed by atoms with Crippen LogP contribution >= 0.6 is 0 Å². The van der Waals surface area contributed by atoms with Gasteiger partial charge in [-0.05, 0) is 31.6 Å². The summed E-state index contributed by atoms with van der Waals surface area (Å²) >= 11 is 0. The van der Waals surface area contributed by atoms with E-state index in [1.165, 1.54) is 6.42 Å². The Balaban J connectivity index is 2.23. The Kier molecular flexibility index (Phi) is 6.08. The van der Waals surface area contributed by atoms with Crippen molar-refractivity contribution in [2.24, 2.45) is 5.92 Å². The summed E-state index contributed by atoms with van der Waals surface area (Å²) in [6, 6.07) is 0. The van der Waals surface area contributed by atoms with Crippen molar-refractivity contribution < 1.29 is 13.5 Å². The molecule has 0 bridgehead atoms. The van der Waals surface area contributed by atoms with Gasteiger partial charge in [0.25, 0.3) is 0 Å². The highest BCUT2D eigenvalue weighted by Crippen LogP contribution is 2.33. The lowest BCUT2D eigenvalue weighted by atomic mass is 9.78. The zero-order chi connectivity index (χ0) is 13.6. The zero-order valence-corrected chi connectivity index (χ0v) is 12.4. The minimum atomic E-state index is -2.90. The van der Waals surface area contributed by atoms with Gasteiger partial charge < -0.3 is 10.4 Å². The SMILES string of the molecule is CCC1CCC(O)(CNCCS(=O)(=O)CC)CC1. The average molecular weight is 277 g/mol. The minimum Gasteiger partial charge on any atom is -0.389 e. The molecule has 0 spiro atoms. The molecular weight excluding hydrogens is 250 g/mol. The Morgan fingerprint density at radius 1 is 1.28 bits per heavy atom. The second-order valence-electron chi connectivity index (χ2n) is 5.49. The molecule has 0 amide bonds. The van der Waals surface area contributed by atoms with Crippen molar-refractivity contribution in [3.05, 3.63) is 0 Å². The number of rotatable bonds is 7. The van der Waals surface area contributed by atoms with Crippen LogP contribution in [-0.2, 0) is 9.84 Å². The van der Waals surface area contributed by atoms with Crippen LogP contribution in [0.5, 0.6) is 0 Å². The highest BCUT2D eigenvalue weighted by Gasteiger charge is 2.32. The van der Waals surface area contributed by atoms with Gasteiger partial charge in [0.2, 0.25) is 0 Å². The Morgan fingerprint density at radius 2 is 1.89 bits per heavy atom. The van der Waals surface area contributed by atoms with Gasteiger partial charge in [-0.25, -0.2) is 8.42 Å². The summed E-state index contributed by atoms with van der Waals surface area (Å²) in [5, 5.41) is 13.4. The lowest BCUT2D eigenvalue weighted by Gasteiger charge is -2.36. The standard InChI is InChI=1S/C13H27NO3S/c1-3-12-5-7-13(15,8-6-12)11-14-9-10-18(16,17)4-2/h12,14-15H,3-11H2,1-2H3. The number of hydrogen-bond acceptors (Lipinski definition) is 4. The van der Waals surface area contributed by atoms with Gasteiger partial charge in [0.1, 0.15) is 0 Å². The molecule has 4 nitrogen and oxygen atoms in total. The lowest BCUT2D eigenvalue weighted by molar-refractivity contribution is -0.00811. The van der Waals surface area contributed by atoms with E-state index in [2.05, 4.69) is 12.2 Å². The van der Waals surface area contributed by atoms with Crippen molar-refractivity contribution >= 4 is 9.84 Å². The smallest absolute Gasteiger partial charge is 0.151 e. The third kappa shape index (κ3) is 5.24. The molecule has 18 heavy (non-hydrogen) atoms. The molecule has 0 aromatic rings. The largest absolute Gasteiger partial charge is 0.389 e. The minimum absolute atomic E-state index is 0.164. The van der Waals surface area contributed by atoms with E-state index in [1.807, 2.05) is 0 Å². The van der Waals surface area contributed by atoms with Crippen molar-refractivity contribution in [1.82, 2.24) is 5.32 Å². The van der Waals surface area contributed by atoms with E-state index < -0.39 is 15.4 Å². The maximum atomic E-state index is 11.3. The van der Waals surface area contributed by atoms with Crippen LogP contribution in [0.4, 0.5) is 0 Å². The van der Waals surface area contributed by atoms with Crippen LogP contribution < -0.4 is 5.32 Å². The van der Waals surface area contributed by atoms with Crippen molar-refractivity contribution in [2.75, 3.05) is 24.6 Å². The normalized spacial score (nSPS) is 29.4. The fourth-order valence-corrected chi connectivity index (χ4v) is 3.24. The molecule has 0 aromatic heterocycles. The fourth-order valence-electron chi connectivity index (χ4n) is 2.49. The molecule has 5 heteroatoms. The van der Waals surface area contributed by atoms with E-state index in [0.29, 0.717) is 13.1 Å². The van der Waals surface area contributed by atoms with E-state index in [4.69, 9.17) is 0 Å². The van der Waals surface area contributed by atoms with Gasteiger partial charge in [-0.3, -0.25) is 0 Å². The molecule has 1 fully saturated rings. The van der Waals surface area contributed by atoms with Gasteiger partial charge in [0.05, 0.1) is 11.4 Å². The topological polar surface area (TPSA) is 66.4 Å². The lowest BCUT2D eigenvalue weighted by Crippen LogP contribution is -2.44. The summed E-state index contributed by atoms with van der Waals surface area (Å²) in [4.78, 5) is 0. The number of hydrogen-bond donors (Lipinski definition) is 2. The van der Waals surface area contributed by atoms with Crippen molar-refractivity contribution in [3.63, 3.8) is 0 Å². The Bertz CT molecular complexity index is 332. The Hall–Kier alpha value is -0.130.